The van der Waals surface area contributed by atoms with Crippen LogP contribution in [0.3, 0.4) is 0 Å². The van der Waals surface area contributed by atoms with Gasteiger partial charge in [-0.15, -0.1) is 0 Å². The predicted octanol–water partition coefficient (Wildman–Crippen LogP) is 3.18. The van der Waals surface area contributed by atoms with Crippen molar-refractivity contribution in [1.29, 1.82) is 0 Å². The molecule has 0 aliphatic carbocycles. The van der Waals surface area contributed by atoms with Gasteiger partial charge in [-0.1, -0.05) is 32.8 Å². The molecule has 2 heterocycles. The van der Waals surface area contributed by atoms with Crippen LogP contribution in [0.5, 0.6) is 0 Å². The van der Waals surface area contributed by atoms with Crippen LogP contribution >= 0.6 is 0 Å². The minimum atomic E-state index is -4.57. The maximum absolute atomic E-state index is 12.9. The molecular formula is C20H30F3N3O2S. The van der Waals surface area contributed by atoms with Crippen LogP contribution in [0.25, 0.3) is 0 Å². The first kappa shape index (κ1) is 22.5. The van der Waals surface area contributed by atoms with Gasteiger partial charge >= 0.3 is 6.18 Å². The van der Waals surface area contributed by atoms with E-state index in [1.165, 1.54) is 6.07 Å². The number of alkyl halides is 3. The van der Waals surface area contributed by atoms with Crippen molar-refractivity contribution in [2.24, 2.45) is 5.92 Å². The van der Waals surface area contributed by atoms with Gasteiger partial charge in [-0.25, -0.2) is 13.1 Å². The minimum absolute atomic E-state index is 0.285. The van der Waals surface area contributed by atoms with Crippen molar-refractivity contribution in [3.8, 4) is 0 Å². The number of hydrogen-bond acceptors (Lipinski definition) is 4. The Balaban J connectivity index is 1.62. The molecule has 0 saturated carbocycles. The van der Waals surface area contributed by atoms with Gasteiger partial charge in [0.25, 0.3) is 0 Å². The van der Waals surface area contributed by atoms with Gasteiger partial charge in [0, 0.05) is 44.8 Å². The van der Waals surface area contributed by atoms with Crippen molar-refractivity contribution >= 4 is 10.0 Å². The summed E-state index contributed by atoms with van der Waals surface area (Å²) < 4.78 is 66.7. The fourth-order valence-corrected chi connectivity index (χ4v) is 5.68. The van der Waals surface area contributed by atoms with Crippen LogP contribution in [0.4, 0.5) is 13.2 Å². The highest BCUT2D eigenvalue weighted by atomic mass is 32.2. The molecule has 1 N–H and O–H groups in total. The summed E-state index contributed by atoms with van der Waals surface area (Å²) in [7, 11) is -4.00. The van der Waals surface area contributed by atoms with E-state index in [0.717, 1.165) is 51.2 Å². The van der Waals surface area contributed by atoms with Crippen LogP contribution in [-0.2, 0) is 16.2 Å². The Hall–Kier alpha value is -1.16. The van der Waals surface area contributed by atoms with E-state index in [-0.39, 0.29) is 17.0 Å². The van der Waals surface area contributed by atoms with Gasteiger partial charge in [0.05, 0.1) is 10.5 Å². The molecule has 1 aromatic carbocycles. The average Bonchev–Trinajstić information content (AvgIpc) is 3.06. The van der Waals surface area contributed by atoms with E-state index in [2.05, 4.69) is 28.4 Å². The Labute approximate surface area is 171 Å². The van der Waals surface area contributed by atoms with Gasteiger partial charge < -0.3 is 4.90 Å². The Bertz CT molecular complexity index is 796. The van der Waals surface area contributed by atoms with Crippen LogP contribution in [0.1, 0.15) is 38.7 Å². The van der Waals surface area contributed by atoms with E-state index in [0.29, 0.717) is 24.9 Å². The molecule has 164 valence electrons. The number of nitrogens with one attached hydrogen (secondary N) is 1. The highest BCUT2D eigenvalue weighted by Gasteiger charge is 2.38. The number of nitrogens with zero attached hydrogens (tertiary/aromatic N) is 2. The van der Waals surface area contributed by atoms with Crippen molar-refractivity contribution in [2.75, 3.05) is 32.7 Å². The molecule has 29 heavy (non-hydrogen) atoms. The molecule has 2 saturated heterocycles. The zero-order chi connectivity index (χ0) is 21.2. The molecule has 0 radical (unpaired) electrons. The lowest BCUT2D eigenvalue weighted by atomic mass is 10.0. The van der Waals surface area contributed by atoms with E-state index in [4.69, 9.17) is 0 Å². The molecule has 2 fully saturated rings. The SMILES string of the molecule is CCC(CC)CN1CCN2CC(NS(=O)(=O)c3cccc(C(F)(F)F)c3)CC2C1. The maximum atomic E-state index is 12.9. The van der Waals surface area contributed by atoms with Crippen LogP contribution < -0.4 is 4.72 Å². The highest BCUT2D eigenvalue weighted by molar-refractivity contribution is 7.89. The molecule has 2 atom stereocenters. The monoisotopic (exact) mass is 433 g/mol. The normalized spacial score (nSPS) is 24.2. The molecule has 3 rings (SSSR count). The Kier molecular flexibility index (Phi) is 6.92. The van der Waals surface area contributed by atoms with E-state index in [1.54, 1.807) is 0 Å². The number of rotatable bonds is 7. The Morgan fingerprint density at radius 1 is 1.17 bits per heavy atom. The second-order valence-corrected chi connectivity index (χ2v) is 9.88. The summed E-state index contributed by atoms with van der Waals surface area (Å²) in [5.41, 5.74) is -0.957. The van der Waals surface area contributed by atoms with Crippen LogP contribution in [0, 0.1) is 5.92 Å². The number of halogens is 3. The van der Waals surface area contributed by atoms with Crippen molar-refractivity contribution < 1.29 is 21.6 Å². The first-order chi connectivity index (χ1) is 13.6. The van der Waals surface area contributed by atoms with Crippen LogP contribution in [-0.4, -0.2) is 63.0 Å². The molecule has 0 aromatic heterocycles. The third-order valence-corrected chi connectivity index (χ3v) is 7.68. The summed E-state index contributed by atoms with van der Waals surface area (Å²) in [6.07, 6.45) is -1.59. The van der Waals surface area contributed by atoms with E-state index in [9.17, 15) is 21.6 Å². The van der Waals surface area contributed by atoms with Gasteiger partial charge in [0.2, 0.25) is 10.0 Å². The lowest BCUT2D eigenvalue weighted by molar-refractivity contribution is -0.137. The smallest absolute Gasteiger partial charge is 0.300 e. The first-order valence-corrected chi connectivity index (χ1v) is 11.8. The van der Waals surface area contributed by atoms with Crippen LogP contribution in [0.2, 0.25) is 0 Å². The van der Waals surface area contributed by atoms with Crippen LogP contribution in [0.15, 0.2) is 29.2 Å². The molecular weight excluding hydrogens is 403 g/mol. The number of piperazine rings is 1. The van der Waals surface area contributed by atoms with Crippen molar-refractivity contribution in [2.45, 2.75) is 56.3 Å². The minimum Gasteiger partial charge on any atom is -0.300 e. The summed E-state index contributed by atoms with van der Waals surface area (Å²) in [5, 5.41) is 0. The second kappa shape index (κ2) is 8.91. The largest absolute Gasteiger partial charge is 0.416 e. The number of hydrogen-bond donors (Lipinski definition) is 1. The van der Waals surface area contributed by atoms with Gasteiger partial charge in [0.15, 0.2) is 0 Å². The molecule has 0 bridgehead atoms. The van der Waals surface area contributed by atoms with Crippen molar-refractivity contribution in [3.05, 3.63) is 29.8 Å². The quantitative estimate of drug-likeness (QED) is 0.718. The molecule has 2 aliphatic rings. The molecule has 2 aliphatic heterocycles. The fraction of sp³-hybridized carbons (Fsp3) is 0.700. The molecule has 1 aromatic rings. The lowest BCUT2D eigenvalue weighted by Gasteiger charge is -2.38. The van der Waals surface area contributed by atoms with Gasteiger partial charge in [-0.3, -0.25) is 4.90 Å². The maximum Gasteiger partial charge on any atom is 0.416 e. The summed E-state index contributed by atoms with van der Waals surface area (Å²) in [5.74, 6) is 0.679. The zero-order valence-electron chi connectivity index (χ0n) is 17.0. The Morgan fingerprint density at radius 2 is 1.90 bits per heavy atom. The van der Waals surface area contributed by atoms with Gasteiger partial charge in [-0.05, 0) is 30.5 Å². The number of benzene rings is 1. The summed E-state index contributed by atoms with van der Waals surface area (Å²) in [6.45, 7) is 8.86. The first-order valence-electron chi connectivity index (χ1n) is 10.3. The molecule has 2 unspecified atom stereocenters. The summed E-state index contributed by atoms with van der Waals surface area (Å²) in [6, 6.07) is 3.91. The highest BCUT2D eigenvalue weighted by Crippen LogP contribution is 2.31. The van der Waals surface area contributed by atoms with E-state index >= 15 is 0 Å². The zero-order valence-corrected chi connectivity index (χ0v) is 17.8. The fourth-order valence-electron chi connectivity index (χ4n) is 4.40. The van der Waals surface area contributed by atoms with Gasteiger partial charge in [0.1, 0.15) is 0 Å². The molecule has 0 amide bonds. The average molecular weight is 434 g/mol. The Morgan fingerprint density at radius 3 is 2.55 bits per heavy atom. The molecule has 5 nitrogen and oxygen atoms in total. The molecule has 9 heteroatoms. The third kappa shape index (κ3) is 5.51. The van der Waals surface area contributed by atoms with E-state index < -0.39 is 21.8 Å². The van der Waals surface area contributed by atoms with Crippen molar-refractivity contribution in [1.82, 2.24) is 14.5 Å². The lowest BCUT2D eigenvalue weighted by Crippen LogP contribution is -2.51. The summed E-state index contributed by atoms with van der Waals surface area (Å²) in [4.78, 5) is 4.41. The standard InChI is InChI=1S/C20H30F3N3O2S/c1-3-15(4-2)12-25-8-9-26-13-17(11-18(26)14-25)24-29(27,28)19-7-5-6-16(10-19)20(21,22)23/h5-7,10,15,17-18,24H,3-4,8-9,11-14H2,1-2H3. The van der Waals surface area contributed by atoms with Crippen molar-refractivity contribution in [3.63, 3.8) is 0 Å². The summed E-state index contributed by atoms with van der Waals surface area (Å²) >= 11 is 0. The van der Waals surface area contributed by atoms with Gasteiger partial charge in [-0.2, -0.15) is 13.2 Å². The number of fused-ring (bicyclic) bond motifs is 1. The molecule has 0 spiro atoms. The van der Waals surface area contributed by atoms with E-state index in [1.807, 2.05) is 0 Å². The third-order valence-electron chi connectivity index (χ3n) is 6.16. The predicted molar refractivity (Wildman–Crippen MR) is 106 cm³/mol. The second-order valence-electron chi connectivity index (χ2n) is 8.17. The number of sulfonamides is 1. The topological polar surface area (TPSA) is 52.6 Å².